The van der Waals surface area contributed by atoms with Gasteiger partial charge in [-0.2, -0.15) is 13.2 Å². The van der Waals surface area contributed by atoms with Gasteiger partial charge in [0.05, 0.1) is 13.2 Å². The molecule has 0 radical (unpaired) electrons. The molecule has 0 aromatic heterocycles. The van der Waals surface area contributed by atoms with Crippen molar-refractivity contribution in [2.24, 2.45) is 0 Å². The molecule has 21 heavy (non-hydrogen) atoms. The number of hydrogen-bond donors (Lipinski definition) is 1. The SMILES string of the molecule is Cc1cc(C#CCO)ccc1OCCCOCC(F)(F)F. The second kappa shape index (κ2) is 8.55. The lowest BCUT2D eigenvalue weighted by molar-refractivity contribution is -0.174. The lowest BCUT2D eigenvalue weighted by Crippen LogP contribution is -2.18. The molecule has 1 rings (SSSR count). The molecule has 0 saturated carbocycles. The first-order chi connectivity index (χ1) is 9.92. The highest BCUT2D eigenvalue weighted by Gasteiger charge is 2.27. The average molecular weight is 302 g/mol. The average Bonchev–Trinajstić information content (AvgIpc) is 2.41. The van der Waals surface area contributed by atoms with Crippen molar-refractivity contribution in [2.45, 2.75) is 19.5 Å². The standard InChI is InChI=1S/C15H17F3O3/c1-12-10-13(4-2-7-19)5-6-14(12)21-9-3-8-20-11-15(16,17)18/h5-6,10,19H,3,7-9,11H2,1H3. The smallest absolute Gasteiger partial charge is 0.411 e. The largest absolute Gasteiger partial charge is 0.493 e. The number of alkyl halides is 3. The normalized spacial score (nSPS) is 10.9. The zero-order chi connectivity index (χ0) is 15.7. The van der Waals surface area contributed by atoms with Gasteiger partial charge in [0.25, 0.3) is 0 Å². The third-order valence-electron chi connectivity index (χ3n) is 2.44. The van der Waals surface area contributed by atoms with Crippen LogP contribution in [0.3, 0.4) is 0 Å². The van der Waals surface area contributed by atoms with Gasteiger partial charge < -0.3 is 14.6 Å². The number of ether oxygens (including phenoxy) is 2. The molecule has 1 aromatic carbocycles. The van der Waals surface area contributed by atoms with E-state index < -0.39 is 12.8 Å². The van der Waals surface area contributed by atoms with Crippen molar-refractivity contribution < 1.29 is 27.8 Å². The van der Waals surface area contributed by atoms with Gasteiger partial charge in [0.15, 0.2) is 0 Å². The maximum absolute atomic E-state index is 11.8. The molecule has 0 spiro atoms. The predicted molar refractivity (Wildman–Crippen MR) is 72.1 cm³/mol. The van der Waals surface area contributed by atoms with Crippen LogP contribution in [0.25, 0.3) is 0 Å². The number of aryl methyl sites for hydroxylation is 1. The molecular weight excluding hydrogens is 285 g/mol. The summed E-state index contributed by atoms with van der Waals surface area (Å²) >= 11 is 0. The Morgan fingerprint density at radius 3 is 2.62 bits per heavy atom. The molecule has 6 heteroatoms. The molecule has 0 aliphatic rings. The van der Waals surface area contributed by atoms with Crippen molar-refractivity contribution in [3.63, 3.8) is 0 Å². The monoisotopic (exact) mass is 302 g/mol. The van der Waals surface area contributed by atoms with Gasteiger partial charge in [-0.05, 0) is 30.7 Å². The molecule has 3 nitrogen and oxygen atoms in total. The van der Waals surface area contributed by atoms with E-state index in [1.165, 1.54) is 0 Å². The predicted octanol–water partition coefficient (Wildman–Crippen LogP) is 2.69. The van der Waals surface area contributed by atoms with Gasteiger partial charge in [-0.3, -0.25) is 0 Å². The molecule has 0 amide bonds. The van der Waals surface area contributed by atoms with Gasteiger partial charge in [-0.25, -0.2) is 0 Å². The highest BCUT2D eigenvalue weighted by atomic mass is 19.4. The highest BCUT2D eigenvalue weighted by Crippen LogP contribution is 2.19. The van der Waals surface area contributed by atoms with Crippen LogP contribution >= 0.6 is 0 Å². The minimum absolute atomic E-state index is 0.00137. The number of aliphatic hydroxyl groups excluding tert-OH is 1. The lowest BCUT2D eigenvalue weighted by Gasteiger charge is -2.10. The van der Waals surface area contributed by atoms with Crippen LogP contribution in [0.1, 0.15) is 17.5 Å². The van der Waals surface area contributed by atoms with E-state index in [1.807, 2.05) is 13.0 Å². The summed E-state index contributed by atoms with van der Waals surface area (Å²) in [4.78, 5) is 0. The summed E-state index contributed by atoms with van der Waals surface area (Å²) in [7, 11) is 0. The van der Waals surface area contributed by atoms with Gasteiger partial charge in [0.1, 0.15) is 19.0 Å². The number of aliphatic hydroxyl groups is 1. The molecule has 0 saturated heterocycles. The Kier molecular flexibility index (Phi) is 7.06. The molecule has 0 heterocycles. The van der Waals surface area contributed by atoms with E-state index in [2.05, 4.69) is 16.6 Å². The van der Waals surface area contributed by atoms with E-state index >= 15 is 0 Å². The quantitative estimate of drug-likeness (QED) is 0.648. The Balaban J connectivity index is 2.32. The van der Waals surface area contributed by atoms with Crippen LogP contribution in [0.4, 0.5) is 13.2 Å². The van der Waals surface area contributed by atoms with Crippen LogP contribution in [0, 0.1) is 18.8 Å². The molecule has 0 aliphatic heterocycles. The summed E-state index contributed by atoms with van der Waals surface area (Å²) in [6.45, 7) is 0.693. The summed E-state index contributed by atoms with van der Waals surface area (Å²) in [6.07, 6.45) is -3.91. The third kappa shape index (κ3) is 7.59. The number of hydrogen-bond acceptors (Lipinski definition) is 3. The first kappa shape index (κ1) is 17.3. The second-order valence-corrected chi connectivity index (χ2v) is 4.31. The van der Waals surface area contributed by atoms with E-state index in [0.29, 0.717) is 12.2 Å². The molecule has 0 fully saturated rings. The molecule has 1 N–H and O–H groups in total. The van der Waals surface area contributed by atoms with Crippen molar-refractivity contribution in [2.75, 3.05) is 26.4 Å². The van der Waals surface area contributed by atoms with Crippen LogP contribution in [-0.2, 0) is 4.74 Å². The topological polar surface area (TPSA) is 38.7 Å². The van der Waals surface area contributed by atoms with E-state index in [-0.39, 0.29) is 19.8 Å². The zero-order valence-electron chi connectivity index (χ0n) is 11.7. The first-order valence-corrected chi connectivity index (χ1v) is 6.40. The van der Waals surface area contributed by atoms with E-state index in [4.69, 9.17) is 9.84 Å². The number of rotatable bonds is 6. The van der Waals surface area contributed by atoms with Crippen molar-refractivity contribution in [1.82, 2.24) is 0 Å². The maximum Gasteiger partial charge on any atom is 0.411 e. The third-order valence-corrected chi connectivity index (χ3v) is 2.44. The summed E-state index contributed by atoms with van der Waals surface area (Å²) in [6, 6.07) is 5.32. The van der Waals surface area contributed by atoms with Gasteiger partial charge >= 0.3 is 6.18 Å². The first-order valence-electron chi connectivity index (χ1n) is 6.40. The van der Waals surface area contributed by atoms with Crippen molar-refractivity contribution in [3.05, 3.63) is 29.3 Å². The minimum Gasteiger partial charge on any atom is -0.493 e. The van der Waals surface area contributed by atoms with E-state index in [9.17, 15) is 13.2 Å². The Bertz CT molecular complexity index is 501. The Hall–Kier alpha value is -1.71. The fourth-order valence-electron chi connectivity index (χ4n) is 1.56. The van der Waals surface area contributed by atoms with Crippen LogP contribution in [0.5, 0.6) is 5.75 Å². The van der Waals surface area contributed by atoms with Crippen molar-refractivity contribution in [1.29, 1.82) is 0 Å². The van der Waals surface area contributed by atoms with Gasteiger partial charge in [0.2, 0.25) is 0 Å². The Morgan fingerprint density at radius 1 is 1.24 bits per heavy atom. The molecular formula is C15H17F3O3. The van der Waals surface area contributed by atoms with Crippen LogP contribution < -0.4 is 4.74 Å². The van der Waals surface area contributed by atoms with Crippen LogP contribution in [-0.4, -0.2) is 37.7 Å². The summed E-state index contributed by atoms with van der Waals surface area (Å²) < 4.78 is 45.4. The number of benzene rings is 1. The molecule has 116 valence electrons. The maximum atomic E-state index is 11.8. The molecule has 0 unspecified atom stereocenters. The van der Waals surface area contributed by atoms with Crippen molar-refractivity contribution in [3.8, 4) is 17.6 Å². The van der Waals surface area contributed by atoms with E-state index in [1.54, 1.807) is 12.1 Å². The van der Waals surface area contributed by atoms with Crippen molar-refractivity contribution >= 4 is 0 Å². The van der Waals surface area contributed by atoms with Gasteiger partial charge in [-0.1, -0.05) is 11.8 Å². The molecule has 1 aromatic rings. The summed E-state index contributed by atoms with van der Waals surface area (Å²) in [5.74, 6) is 5.98. The molecule has 0 bridgehead atoms. The Labute approximate surface area is 121 Å². The second-order valence-electron chi connectivity index (χ2n) is 4.31. The highest BCUT2D eigenvalue weighted by molar-refractivity contribution is 5.43. The Morgan fingerprint density at radius 2 is 2.00 bits per heavy atom. The minimum atomic E-state index is -4.29. The molecule has 0 aliphatic carbocycles. The van der Waals surface area contributed by atoms with E-state index in [0.717, 1.165) is 11.1 Å². The van der Waals surface area contributed by atoms with Crippen LogP contribution in [0.2, 0.25) is 0 Å². The number of halogens is 3. The fourth-order valence-corrected chi connectivity index (χ4v) is 1.56. The van der Waals surface area contributed by atoms with Gasteiger partial charge in [0, 0.05) is 12.0 Å². The fraction of sp³-hybridized carbons (Fsp3) is 0.467. The summed E-state index contributed by atoms with van der Waals surface area (Å²) in [5, 5.41) is 8.61. The molecule has 0 atom stereocenters. The van der Waals surface area contributed by atoms with Crippen LogP contribution in [0.15, 0.2) is 18.2 Å². The summed E-state index contributed by atoms with van der Waals surface area (Å²) in [5.41, 5.74) is 1.64. The zero-order valence-corrected chi connectivity index (χ0v) is 11.7. The van der Waals surface area contributed by atoms with Gasteiger partial charge in [-0.15, -0.1) is 0 Å². The lowest BCUT2D eigenvalue weighted by atomic mass is 10.1.